The molecule has 0 saturated heterocycles. The standard InChI is InChI=1S/C16H23FN2O/c1-4-6-19-11-13-8-14(17)10-15(9-13)20-7-5-16(2,3)12-18/h8-10,19H,4-7,11H2,1-3H3. The summed E-state index contributed by atoms with van der Waals surface area (Å²) in [6.07, 6.45) is 1.66. The van der Waals surface area contributed by atoms with Gasteiger partial charge in [-0.2, -0.15) is 5.26 Å². The van der Waals surface area contributed by atoms with Crippen LogP contribution in [0.25, 0.3) is 0 Å². The van der Waals surface area contributed by atoms with Gasteiger partial charge in [0.15, 0.2) is 0 Å². The summed E-state index contributed by atoms with van der Waals surface area (Å²) in [5.41, 5.74) is 0.451. The van der Waals surface area contributed by atoms with Crippen LogP contribution in [0.3, 0.4) is 0 Å². The molecule has 0 amide bonds. The van der Waals surface area contributed by atoms with Gasteiger partial charge in [0.05, 0.1) is 18.1 Å². The van der Waals surface area contributed by atoms with Crippen molar-refractivity contribution in [2.75, 3.05) is 13.2 Å². The molecule has 4 heteroatoms. The molecule has 110 valence electrons. The number of nitrogens with one attached hydrogen (secondary N) is 1. The molecular formula is C16H23FN2O. The Morgan fingerprint density at radius 3 is 2.75 bits per heavy atom. The van der Waals surface area contributed by atoms with E-state index in [-0.39, 0.29) is 5.82 Å². The number of rotatable bonds is 8. The Bertz CT molecular complexity index is 466. The molecule has 0 bridgehead atoms. The van der Waals surface area contributed by atoms with Gasteiger partial charge in [0, 0.05) is 12.6 Å². The Balaban J connectivity index is 2.55. The minimum atomic E-state index is -0.418. The van der Waals surface area contributed by atoms with E-state index in [0.717, 1.165) is 18.5 Å². The van der Waals surface area contributed by atoms with Crippen molar-refractivity contribution in [1.82, 2.24) is 5.32 Å². The first-order valence-electron chi connectivity index (χ1n) is 7.01. The maximum absolute atomic E-state index is 13.5. The van der Waals surface area contributed by atoms with Crippen LogP contribution in [-0.4, -0.2) is 13.2 Å². The minimum absolute atomic E-state index is 0.296. The predicted molar refractivity (Wildman–Crippen MR) is 77.9 cm³/mol. The fourth-order valence-electron chi connectivity index (χ4n) is 1.70. The highest BCUT2D eigenvalue weighted by molar-refractivity contribution is 5.29. The van der Waals surface area contributed by atoms with Crippen LogP contribution in [-0.2, 0) is 6.54 Å². The molecule has 0 aliphatic carbocycles. The largest absolute Gasteiger partial charge is 0.493 e. The summed E-state index contributed by atoms with van der Waals surface area (Å²) in [5, 5.41) is 12.2. The maximum Gasteiger partial charge on any atom is 0.127 e. The maximum atomic E-state index is 13.5. The Kier molecular flexibility index (Phi) is 6.47. The van der Waals surface area contributed by atoms with Crippen LogP contribution in [0.1, 0.15) is 39.2 Å². The molecule has 3 nitrogen and oxygen atoms in total. The Morgan fingerprint density at radius 1 is 1.35 bits per heavy atom. The molecule has 1 rings (SSSR count). The van der Waals surface area contributed by atoms with Gasteiger partial charge in [0.1, 0.15) is 11.6 Å². The van der Waals surface area contributed by atoms with E-state index in [4.69, 9.17) is 10.00 Å². The van der Waals surface area contributed by atoms with Crippen molar-refractivity contribution >= 4 is 0 Å². The van der Waals surface area contributed by atoms with E-state index in [0.29, 0.717) is 25.3 Å². The summed E-state index contributed by atoms with van der Waals surface area (Å²) < 4.78 is 19.1. The third kappa shape index (κ3) is 6.03. The van der Waals surface area contributed by atoms with Crippen LogP contribution in [0.15, 0.2) is 18.2 Å². The van der Waals surface area contributed by atoms with Gasteiger partial charge < -0.3 is 10.1 Å². The first-order valence-corrected chi connectivity index (χ1v) is 7.01. The quantitative estimate of drug-likeness (QED) is 0.738. The predicted octanol–water partition coefficient (Wildman–Crippen LogP) is 3.64. The molecule has 0 heterocycles. The van der Waals surface area contributed by atoms with Gasteiger partial charge in [-0.15, -0.1) is 0 Å². The summed E-state index contributed by atoms with van der Waals surface area (Å²) in [7, 11) is 0. The van der Waals surface area contributed by atoms with E-state index < -0.39 is 5.41 Å². The van der Waals surface area contributed by atoms with E-state index in [2.05, 4.69) is 18.3 Å². The highest BCUT2D eigenvalue weighted by atomic mass is 19.1. The molecule has 0 spiro atoms. The zero-order valence-electron chi connectivity index (χ0n) is 12.5. The second-order valence-electron chi connectivity index (χ2n) is 5.57. The second-order valence-corrected chi connectivity index (χ2v) is 5.57. The van der Waals surface area contributed by atoms with Crippen molar-refractivity contribution < 1.29 is 9.13 Å². The molecule has 1 N–H and O–H groups in total. The van der Waals surface area contributed by atoms with Gasteiger partial charge >= 0.3 is 0 Å². The Morgan fingerprint density at radius 2 is 2.10 bits per heavy atom. The molecule has 0 radical (unpaired) electrons. The molecule has 0 aromatic heterocycles. The first-order chi connectivity index (χ1) is 9.46. The Labute approximate surface area is 120 Å². The van der Waals surface area contributed by atoms with Crippen LogP contribution in [0.2, 0.25) is 0 Å². The lowest BCUT2D eigenvalue weighted by Crippen LogP contribution is -2.15. The van der Waals surface area contributed by atoms with E-state index >= 15 is 0 Å². The number of ether oxygens (including phenoxy) is 1. The van der Waals surface area contributed by atoms with Crippen LogP contribution >= 0.6 is 0 Å². The molecule has 0 atom stereocenters. The summed E-state index contributed by atoms with van der Waals surface area (Å²) >= 11 is 0. The van der Waals surface area contributed by atoms with Crippen LogP contribution in [0.4, 0.5) is 4.39 Å². The molecule has 20 heavy (non-hydrogen) atoms. The number of nitrogens with zero attached hydrogens (tertiary/aromatic N) is 1. The smallest absolute Gasteiger partial charge is 0.127 e. The number of benzene rings is 1. The average Bonchev–Trinajstić information content (AvgIpc) is 2.38. The summed E-state index contributed by atoms with van der Waals surface area (Å²) in [6.45, 7) is 7.76. The summed E-state index contributed by atoms with van der Waals surface area (Å²) in [5.74, 6) is 0.224. The lowest BCUT2D eigenvalue weighted by atomic mass is 9.92. The number of nitriles is 1. The lowest BCUT2D eigenvalue weighted by Gasteiger charge is -2.15. The van der Waals surface area contributed by atoms with Crippen LogP contribution in [0.5, 0.6) is 5.75 Å². The fraction of sp³-hybridized carbons (Fsp3) is 0.562. The van der Waals surface area contributed by atoms with E-state index in [1.54, 1.807) is 0 Å². The fourth-order valence-corrected chi connectivity index (χ4v) is 1.70. The van der Waals surface area contributed by atoms with Gasteiger partial charge in [-0.25, -0.2) is 4.39 Å². The lowest BCUT2D eigenvalue weighted by molar-refractivity contribution is 0.263. The van der Waals surface area contributed by atoms with E-state index in [1.807, 2.05) is 19.9 Å². The number of halogens is 1. The van der Waals surface area contributed by atoms with Crippen LogP contribution < -0.4 is 10.1 Å². The average molecular weight is 278 g/mol. The van der Waals surface area contributed by atoms with Crippen LogP contribution in [0, 0.1) is 22.6 Å². The van der Waals surface area contributed by atoms with Crippen molar-refractivity contribution in [3.05, 3.63) is 29.6 Å². The van der Waals surface area contributed by atoms with Crippen molar-refractivity contribution in [1.29, 1.82) is 5.26 Å². The highest BCUT2D eigenvalue weighted by Crippen LogP contribution is 2.21. The molecule has 0 fully saturated rings. The zero-order chi connectivity index (χ0) is 15.0. The van der Waals surface area contributed by atoms with Crippen molar-refractivity contribution in [2.24, 2.45) is 5.41 Å². The number of hydrogen-bond donors (Lipinski definition) is 1. The van der Waals surface area contributed by atoms with Gasteiger partial charge in [-0.1, -0.05) is 6.92 Å². The van der Waals surface area contributed by atoms with Crippen molar-refractivity contribution in [3.63, 3.8) is 0 Å². The zero-order valence-corrected chi connectivity index (χ0v) is 12.5. The van der Waals surface area contributed by atoms with Gasteiger partial charge in [-0.05, 0) is 50.9 Å². The minimum Gasteiger partial charge on any atom is -0.493 e. The highest BCUT2D eigenvalue weighted by Gasteiger charge is 2.16. The second kappa shape index (κ2) is 7.86. The van der Waals surface area contributed by atoms with E-state index in [9.17, 15) is 4.39 Å². The monoisotopic (exact) mass is 278 g/mol. The van der Waals surface area contributed by atoms with Crippen molar-refractivity contribution in [3.8, 4) is 11.8 Å². The van der Waals surface area contributed by atoms with Gasteiger partial charge in [-0.3, -0.25) is 0 Å². The molecule has 0 unspecified atom stereocenters. The molecule has 0 aliphatic rings. The number of hydrogen-bond acceptors (Lipinski definition) is 3. The molecule has 0 aliphatic heterocycles. The summed E-state index contributed by atoms with van der Waals surface area (Å²) in [4.78, 5) is 0. The van der Waals surface area contributed by atoms with Gasteiger partial charge in [0.25, 0.3) is 0 Å². The first kappa shape index (κ1) is 16.5. The molecule has 0 saturated carbocycles. The van der Waals surface area contributed by atoms with Gasteiger partial charge in [0.2, 0.25) is 0 Å². The Hall–Kier alpha value is -1.60. The van der Waals surface area contributed by atoms with Crippen molar-refractivity contribution in [2.45, 2.75) is 40.2 Å². The molecular weight excluding hydrogens is 255 g/mol. The van der Waals surface area contributed by atoms with E-state index in [1.165, 1.54) is 12.1 Å². The SMILES string of the molecule is CCCNCc1cc(F)cc(OCCC(C)(C)C#N)c1. The topological polar surface area (TPSA) is 45.0 Å². The third-order valence-electron chi connectivity index (χ3n) is 2.99. The molecule has 1 aromatic rings. The third-order valence-corrected chi connectivity index (χ3v) is 2.99. The summed E-state index contributed by atoms with van der Waals surface area (Å²) in [6, 6.07) is 6.95. The normalized spacial score (nSPS) is 11.2. The molecule has 1 aromatic carbocycles.